The van der Waals surface area contributed by atoms with Gasteiger partial charge in [0.15, 0.2) is 0 Å². The predicted octanol–water partition coefficient (Wildman–Crippen LogP) is 4.34. The summed E-state index contributed by atoms with van der Waals surface area (Å²) in [6, 6.07) is 8.30. The Kier molecular flexibility index (Phi) is 13.1. The second-order valence-electron chi connectivity index (χ2n) is 10.1. The number of carbonyl (C=O) groups excluding carboxylic acids is 3. The number of aliphatic carboxylic acids is 1. The second-order valence-corrected chi connectivity index (χ2v) is 11.7. The van der Waals surface area contributed by atoms with Gasteiger partial charge < -0.3 is 25.6 Å². The van der Waals surface area contributed by atoms with Crippen LogP contribution in [0.15, 0.2) is 42.7 Å². The molecule has 0 saturated carbocycles. The zero-order chi connectivity index (χ0) is 28.8. The number of aryl methyl sites for hydroxylation is 1. The summed E-state index contributed by atoms with van der Waals surface area (Å²) in [6.45, 7) is 8.83. The third-order valence-electron chi connectivity index (χ3n) is 6.34. The lowest BCUT2D eigenvalue weighted by atomic mass is 10.00. The maximum Gasteiger partial charge on any atom is 0.303 e. The Morgan fingerprint density at radius 1 is 1.03 bits per heavy atom. The van der Waals surface area contributed by atoms with Crippen molar-refractivity contribution in [2.75, 3.05) is 17.6 Å². The smallest absolute Gasteiger partial charge is 0.303 e. The molecule has 10 heteroatoms. The van der Waals surface area contributed by atoms with Gasteiger partial charge in [-0.1, -0.05) is 45.7 Å². The van der Waals surface area contributed by atoms with E-state index >= 15 is 0 Å². The van der Waals surface area contributed by atoms with Crippen LogP contribution in [0.4, 0.5) is 5.69 Å². The van der Waals surface area contributed by atoms with Crippen LogP contribution < -0.4 is 16.0 Å². The van der Waals surface area contributed by atoms with E-state index in [1.807, 2.05) is 37.5 Å². The van der Waals surface area contributed by atoms with E-state index in [2.05, 4.69) is 41.3 Å². The van der Waals surface area contributed by atoms with Gasteiger partial charge in [0.05, 0.1) is 12.3 Å². The molecule has 4 N–H and O–H groups in total. The van der Waals surface area contributed by atoms with Crippen molar-refractivity contribution < 1.29 is 24.3 Å². The van der Waals surface area contributed by atoms with Crippen molar-refractivity contribution >= 4 is 41.1 Å². The van der Waals surface area contributed by atoms with Gasteiger partial charge in [0.2, 0.25) is 17.7 Å². The lowest BCUT2D eigenvalue weighted by Crippen LogP contribution is -2.48. The average molecular weight is 559 g/mol. The van der Waals surface area contributed by atoms with E-state index in [1.54, 1.807) is 23.9 Å². The number of amides is 3. The molecule has 0 aliphatic carbocycles. The van der Waals surface area contributed by atoms with Gasteiger partial charge in [-0.2, -0.15) is 0 Å². The maximum absolute atomic E-state index is 12.9. The highest BCUT2D eigenvalue weighted by atomic mass is 32.2. The van der Waals surface area contributed by atoms with E-state index in [4.69, 9.17) is 5.11 Å². The minimum atomic E-state index is -1.07. The zero-order valence-corrected chi connectivity index (χ0v) is 24.2. The van der Waals surface area contributed by atoms with E-state index in [0.29, 0.717) is 12.2 Å². The first-order valence-corrected chi connectivity index (χ1v) is 14.5. The number of aromatic nitrogens is 1. The number of nitrogens with one attached hydrogen (secondary N) is 3. The van der Waals surface area contributed by atoms with E-state index in [1.165, 1.54) is 5.56 Å². The average Bonchev–Trinajstić information content (AvgIpc) is 3.29. The lowest BCUT2D eigenvalue weighted by molar-refractivity contribution is -0.137. The quantitative estimate of drug-likeness (QED) is 0.229. The fourth-order valence-electron chi connectivity index (χ4n) is 4.37. The number of benzene rings is 1. The van der Waals surface area contributed by atoms with E-state index < -0.39 is 23.8 Å². The molecule has 1 heterocycles. The van der Waals surface area contributed by atoms with E-state index in [-0.39, 0.29) is 35.8 Å². The molecule has 2 aromatic rings. The molecular formula is C29H42N4O5S. The van der Waals surface area contributed by atoms with Crippen LogP contribution in [0.2, 0.25) is 0 Å². The first-order chi connectivity index (χ1) is 18.5. The highest BCUT2D eigenvalue weighted by molar-refractivity contribution is 8.01. The molecule has 0 unspecified atom stereocenters. The van der Waals surface area contributed by atoms with Gasteiger partial charge in [0.25, 0.3) is 0 Å². The first-order valence-electron chi connectivity index (χ1n) is 13.5. The van der Waals surface area contributed by atoms with E-state index in [0.717, 1.165) is 31.2 Å². The maximum atomic E-state index is 12.9. The summed E-state index contributed by atoms with van der Waals surface area (Å²) in [5, 5.41) is 17.0. The molecule has 3 amide bonds. The van der Waals surface area contributed by atoms with Crippen molar-refractivity contribution in [1.29, 1.82) is 0 Å². The number of thioether (sulfide) groups is 1. The van der Waals surface area contributed by atoms with Crippen molar-refractivity contribution in [3.05, 3.63) is 53.9 Å². The molecule has 0 aliphatic rings. The molecule has 0 spiro atoms. The second kappa shape index (κ2) is 16.0. The van der Waals surface area contributed by atoms with Crippen LogP contribution in [-0.2, 0) is 25.7 Å². The topological polar surface area (TPSA) is 130 Å². The minimum Gasteiger partial charge on any atom is -0.481 e. The number of carbonyl (C=O) groups is 4. The number of rotatable bonds is 17. The normalized spacial score (nSPS) is 12.0. The van der Waals surface area contributed by atoms with Crippen molar-refractivity contribution in [3.8, 4) is 0 Å². The summed E-state index contributed by atoms with van der Waals surface area (Å²) < 4.78 is 2.08. The Balaban J connectivity index is 1.89. The van der Waals surface area contributed by atoms with Crippen molar-refractivity contribution in [3.63, 3.8) is 0 Å². The Morgan fingerprint density at radius 3 is 2.26 bits per heavy atom. The number of carboxylic acids is 1. The van der Waals surface area contributed by atoms with Crippen LogP contribution in [0.5, 0.6) is 0 Å². The van der Waals surface area contributed by atoms with E-state index in [9.17, 15) is 19.2 Å². The molecule has 1 aromatic carbocycles. The van der Waals surface area contributed by atoms with Crippen molar-refractivity contribution in [2.24, 2.45) is 0 Å². The molecule has 0 aliphatic heterocycles. The number of anilines is 1. The van der Waals surface area contributed by atoms with Gasteiger partial charge in [0, 0.05) is 35.8 Å². The standard InChI is InChI=1S/C29H42N4O5S/c1-5-14-29(4,15-6-2)39-20-26(35)30-17-25(34)32-24(11-12-27(36)37)28(38)31-23-9-7-22(8-10-23)19-33-16-13-21(3)18-33/h7-10,13,16,18,24H,5-6,11-12,14-15,17,19-20H2,1-4H3,(H,30,35)(H,31,38)(H,32,34)(H,36,37)/t24-/m0/s1. The Morgan fingerprint density at radius 2 is 1.69 bits per heavy atom. The van der Waals surface area contributed by atoms with Crippen LogP contribution in [0.3, 0.4) is 0 Å². The van der Waals surface area contributed by atoms with Crippen molar-refractivity contribution in [1.82, 2.24) is 15.2 Å². The predicted molar refractivity (Wildman–Crippen MR) is 156 cm³/mol. The van der Waals surface area contributed by atoms with Gasteiger partial charge >= 0.3 is 5.97 Å². The molecule has 0 radical (unpaired) electrons. The molecular weight excluding hydrogens is 516 g/mol. The highest BCUT2D eigenvalue weighted by Crippen LogP contribution is 2.34. The van der Waals surface area contributed by atoms with Crippen LogP contribution in [0, 0.1) is 6.92 Å². The summed E-state index contributed by atoms with van der Waals surface area (Å²) in [6.07, 6.45) is 7.76. The van der Waals surface area contributed by atoms with Crippen LogP contribution >= 0.6 is 11.8 Å². The largest absolute Gasteiger partial charge is 0.481 e. The third kappa shape index (κ3) is 12.0. The lowest BCUT2D eigenvalue weighted by Gasteiger charge is -2.28. The minimum absolute atomic E-state index is 0.0165. The molecule has 0 fully saturated rings. The fourth-order valence-corrected chi connectivity index (χ4v) is 5.65. The summed E-state index contributed by atoms with van der Waals surface area (Å²) in [4.78, 5) is 48.9. The first kappa shape index (κ1) is 31.9. The molecule has 0 saturated heterocycles. The number of nitrogens with zero attached hydrogens (tertiary/aromatic N) is 1. The molecule has 39 heavy (non-hydrogen) atoms. The van der Waals surface area contributed by atoms with Gasteiger partial charge in [-0.25, -0.2) is 0 Å². The SMILES string of the molecule is CCCC(C)(CCC)SCC(=O)NCC(=O)N[C@@H](CCC(=O)O)C(=O)Nc1ccc(Cn2ccc(C)c2)cc1. The van der Waals surface area contributed by atoms with Crippen LogP contribution in [0.25, 0.3) is 0 Å². The fraction of sp³-hybridized carbons (Fsp3) is 0.517. The third-order valence-corrected chi connectivity index (χ3v) is 7.85. The molecule has 1 aromatic heterocycles. The summed E-state index contributed by atoms with van der Waals surface area (Å²) in [7, 11) is 0. The molecule has 1 atom stereocenters. The monoisotopic (exact) mass is 558 g/mol. The molecule has 214 valence electrons. The van der Waals surface area contributed by atoms with Gasteiger partial charge in [-0.15, -0.1) is 11.8 Å². The molecule has 9 nitrogen and oxygen atoms in total. The Hall–Kier alpha value is -3.27. The van der Waals surface area contributed by atoms with Crippen LogP contribution in [0.1, 0.15) is 70.4 Å². The number of carboxylic acid groups (broad SMARTS) is 1. The summed E-state index contributed by atoms with van der Waals surface area (Å²) in [5.41, 5.74) is 2.77. The number of hydrogen-bond donors (Lipinski definition) is 4. The Labute approximate surface area is 235 Å². The molecule has 0 bridgehead atoms. The van der Waals surface area contributed by atoms with Crippen LogP contribution in [-0.4, -0.2) is 56.5 Å². The number of hydrogen-bond acceptors (Lipinski definition) is 5. The van der Waals surface area contributed by atoms with Gasteiger partial charge in [-0.05, 0) is 55.5 Å². The van der Waals surface area contributed by atoms with Crippen molar-refractivity contribution in [2.45, 2.75) is 83.6 Å². The van der Waals surface area contributed by atoms with Gasteiger partial charge in [-0.3, -0.25) is 19.2 Å². The zero-order valence-electron chi connectivity index (χ0n) is 23.4. The Bertz CT molecular complexity index is 1090. The summed E-state index contributed by atoms with van der Waals surface area (Å²) >= 11 is 1.59. The van der Waals surface area contributed by atoms with Gasteiger partial charge in [0.1, 0.15) is 6.04 Å². The molecule has 2 rings (SSSR count). The highest BCUT2D eigenvalue weighted by Gasteiger charge is 2.25. The summed E-state index contributed by atoms with van der Waals surface area (Å²) in [5.74, 6) is -2.15.